The van der Waals surface area contributed by atoms with Gasteiger partial charge in [-0.05, 0) is 31.2 Å². The van der Waals surface area contributed by atoms with Gasteiger partial charge in [-0.15, -0.1) is 11.3 Å². The van der Waals surface area contributed by atoms with Crippen LogP contribution in [0, 0.1) is 12.8 Å². The lowest BCUT2D eigenvalue weighted by Crippen LogP contribution is -2.13. The minimum Gasteiger partial charge on any atom is -0.462 e. The van der Waals surface area contributed by atoms with Gasteiger partial charge >= 0.3 is 5.97 Å². The van der Waals surface area contributed by atoms with E-state index in [0.717, 1.165) is 24.2 Å². The average molecular weight is 305 g/mol. The van der Waals surface area contributed by atoms with Gasteiger partial charge in [-0.2, -0.15) is 0 Å². The highest BCUT2D eigenvalue weighted by Crippen LogP contribution is 2.26. The number of esters is 1. The zero-order valence-corrected chi connectivity index (χ0v) is 12.9. The zero-order chi connectivity index (χ0) is 14.6. The van der Waals surface area contributed by atoms with Crippen molar-refractivity contribution in [2.75, 3.05) is 6.61 Å². The van der Waals surface area contributed by atoms with Gasteiger partial charge in [0.05, 0.1) is 12.2 Å². The van der Waals surface area contributed by atoms with Gasteiger partial charge in [0.1, 0.15) is 4.21 Å². The molecule has 1 heterocycles. The number of hydrogen-bond donors (Lipinski definition) is 1. The van der Waals surface area contributed by atoms with E-state index in [-0.39, 0.29) is 9.77 Å². The number of carbonyl (C=O) groups excluding carboxylic acids is 1. The second-order valence-electron chi connectivity index (χ2n) is 4.78. The molecule has 0 amide bonds. The van der Waals surface area contributed by atoms with E-state index in [4.69, 9.17) is 9.88 Å². The molecule has 0 aromatic carbocycles. The number of thiophene rings is 1. The Balaban J connectivity index is 2.66. The van der Waals surface area contributed by atoms with E-state index >= 15 is 0 Å². The number of ether oxygens (including phenoxy) is 1. The predicted octanol–water partition coefficient (Wildman–Crippen LogP) is 2.30. The first-order valence-electron chi connectivity index (χ1n) is 6.01. The van der Waals surface area contributed by atoms with Gasteiger partial charge in [-0.3, -0.25) is 0 Å². The predicted molar refractivity (Wildman–Crippen MR) is 74.8 cm³/mol. The summed E-state index contributed by atoms with van der Waals surface area (Å²) < 4.78 is 27.7. The topological polar surface area (TPSA) is 86.5 Å². The van der Waals surface area contributed by atoms with Crippen LogP contribution in [-0.4, -0.2) is 21.0 Å². The van der Waals surface area contributed by atoms with Crippen molar-refractivity contribution >= 4 is 27.3 Å². The number of sulfonamides is 1. The highest BCUT2D eigenvalue weighted by molar-refractivity contribution is 7.91. The van der Waals surface area contributed by atoms with Gasteiger partial charge in [0.2, 0.25) is 10.0 Å². The summed E-state index contributed by atoms with van der Waals surface area (Å²) in [5, 5.41) is 6.53. The first-order chi connectivity index (χ1) is 8.73. The Morgan fingerprint density at radius 3 is 2.58 bits per heavy atom. The van der Waals surface area contributed by atoms with Crippen LogP contribution in [0.2, 0.25) is 0 Å². The van der Waals surface area contributed by atoms with Crippen LogP contribution in [0.1, 0.15) is 42.6 Å². The molecule has 19 heavy (non-hydrogen) atoms. The normalized spacial score (nSPS) is 11.8. The molecule has 0 aliphatic heterocycles. The van der Waals surface area contributed by atoms with Crippen LogP contribution >= 0.6 is 11.3 Å². The molecule has 108 valence electrons. The third-order valence-corrected chi connectivity index (χ3v) is 5.31. The molecule has 0 atom stereocenters. The second kappa shape index (κ2) is 6.49. The fraction of sp³-hybridized carbons (Fsp3) is 0.583. The Morgan fingerprint density at radius 2 is 2.11 bits per heavy atom. The van der Waals surface area contributed by atoms with Crippen molar-refractivity contribution < 1.29 is 17.9 Å². The Morgan fingerprint density at radius 1 is 1.47 bits per heavy atom. The van der Waals surface area contributed by atoms with Gasteiger partial charge in [0.15, 0.2) is 0 Å². The quantitative estimate of drug-likeness (QED) is 0.645. The number of hydrogen-bond acceptors (Lipinski definition) is 5. The molecule has 0 unspecified atom stereocenters. The van der Waals surface area contributed by atoms with Gasteiger partial charge in [0.25, 0.3) is 0 Å². The smallest absolute Gasteiger partial charge is 0.339 e. The summed E-state index contributed by atoms with van der Waals surface area (Å²) >= 11 is 0.942. The summed E-state index contributed by atoms with van der Waals surface area (Å²) in [4.78, 5) is 11.8. The molecule has 1 aromatic rings. The van der Waals surface area contributed by atoms with Gasteiger partial charge in [0, 0.05) is 5.38 Å². The molecule has 0 saturated heterocycles. The largest absolute Gasteiger partial charge is 0.462 e. The number of nitrogens with two attached hydrogens (primary N) is 1. The van der Waals surface area contributed by atoms with E-state index in [1.807, 2.05) is 0 Å². The summed E-state index contributed by atoms with van der Waals surface area (Å²) in [5.74, 6) is 0.0722. The van der Waals surface area contributed by atoms with Crippen LogP contribution in [0.15, 0.2) is 9.59 Å². The van der Waals surface area contributed by atoms with Crippen molar-refractivity contribution in [3.63, 3.8) is 0 Å². The molecular formula is C12H19NO4S2. The maximum Gasteiger partial charge on any atom is 0.339 e. The molecule has 2 N–H and O–H groups in total. The summed E-state index contributed by atoms with van der Waals surface area (Å²) in [6, 6.07) is 0. The highest BCUT2D eigenvalue weighted by atomic mass is 32.2. The zero-order valence-electron chi connectivity index (χ0n) is 11.3. The fourth-order valence-electron chi connectivity index (χ4n) is 1.62. The molecule has 0 aliphatic rings. The molecule has 1 rings (SSSR count). The van der Waals surface area contributed by atoms with Gasteiger partial charge in [-0.1, -0.05) is 13.8 Å². The molecule has 0 spiro atoms. The van der Waals surface area contributed by atoms with E-state index < -0.39 is 16.0 Å². The fourth-order valence-corrected chi connectivity index (χ4v) is 3.62. The van der Waals surface area contributed by atoms with Crippen LogP contribution in [0.25, 0.3) is 0 Å². The summed E-state index contributed by atoms with van der Waals surface area (Å²) in [6.45, 7) is 6.10. The number of carbonyl (C=O) groups is 1. The van der Waals surface area contributed by atoms with Crippen molar-refractivity contribution in [3.05, 3.63) is 16.5 Å². The van der Waals surface area contributed by atoms with E-state index in [9.17, 15) is 13.2 Å². The van der Waals surface area contributed by atoms with Crippen LogP contribution < -0.4 is 5.14 Å². The minimum absolute atomic E-state index is 0.0154. The maximum atomic E-state index is 11.8. The van der Waals surface area contributed by atoms with Crippen molar-refractivity contribution in [1.82, 2.24) is 0 Å². The Hall–Kier alpha value is -0.920. The van der Waals surface area contributed by atoms with E-state index in [2.05, 4.69) is 13.8 Å². The standard InChI is InChI=1S/C12H19NO4S2/c1-8(2)5-4-6-17-11(14)10-7-18-12(9(10)3)19(13,15)16/h7-8H,4-6H2,1-3H3,(H2,13,15,16). The second-order valence-corrected chi connectivity index (χ2v) is 7.42. The molecule has 0 radical (unpaired) electrons. The van der Waals surface area contributed by atoms with Crippen LogP contribution in [0.5, 0.6) is 0 Å². The van der Waals surface area contributed by atoms with E-state index in [1.54, 1.807) is 6.92 Å². The third-order valence-electron chi connectivity index (χ3n) is 2.63. The summed E-state index contributed by atoms with van der Waals surface area (Å²) in [5.41, 5.74) is 0.639. The summed E-state index contributed by atoms with van der Waals surface area (Å²) in [6.07, 6.45) is 1.78. The van der Waals surface area contributed by atoms with Crippen LogP contribution in [0.4, 0.5) is 0 Å². The van der Waals surface area contributed by atoms with Crippen molar-refractivity contribution in [2.45, 2.75) is 37.8 Å². The van der Waals surface area contributed by atoms with E-state index in [1.165, 1.54) is 5.38 Å². The maximum absolute atomic E-state index is 11.8. The lowest BCUT2D eigenvalue weighted by Gasteiger charge is -2.06. The minimum atomic E-state index is -3.77. The third kappa shape index (κ3) is 4.59. The lowest BCUT2D eigenvalue weighted by atomic mass is 10.1. The number of primary sulfonamides is 1. The van der Waals surface area contributed by atoms with Gasteiger partial charge < -0.3 is 4.74 Å². The average Bonchev–Trinajstić information content (AvgIpc) is 2.65. The van der Waals surface area contributed by atoms with Gasteiger partial charge in [-0.25, -0.2) is 18.4 Å². The first-order valence-corrected chi connectivity index (χ1v) is 8.44. The Labute approximate surface area is 117 Å². The molecule has 0 bridgehead atoms. The van der Waals surface area contributed by atoms with Crippen molar-refractivity contribution in [3.8, 4) is 0 Å². The van der Waals surface area contributed by atoms with Crippen molar-refractivity contribution in [1.29, 1.82) is 0 Å². The van der Waals surface area contributed by atoms with Crippen LogP contribution in [0.3, 0.4) is 0 Å². The lowest BCUT2D eigenvalue weighted by molar-refractivity contribution is 0.0494. The first kappa shape index (κ1) is 16.1. The van der Waals surface area contributed by atoms with E-state index in [0.29, 0.717) is 18.1 Å². The molecule has 0 aliphatic carbocycles. The highest BCUT2D eigenvalue weighted by Gasteiger charge is 2.21. The molecule has 7 heteroatoms. The number of rotatable bonds is 6. The SMILES string of the molecule is Cc1c(C(=O)OCCCC(C)C)csc1S(N)(=O)=O. The summed E-state index contributed by atoms with van der Waals surface area (Å²) in [7, 11) is -3.77. The molecule has 1 aromatic heterocycles. The van der Waals surface area contributed by atoms with Crippen molar-refractivity contribution in [2.24, 2.45) is 11.1 Å². The van der Waals surface area contributed by atoms with Crippen LogP contribution in [-0.2, 0) is 14.8 Å². The Kier molecular flexibility index (Phi) is 5.51. The molecule has 5 nitrogen and oxygen atoms in total. The molecule has 0 saturated carbocycles. The molecule has 0 fully saturated rings. The Bertz CT molecular complexity index is 546. The monoisotopic (exact) mass is 305 g/mol. The molecular weight excluding hydrogens is 286 g/mol.